The summed E-state index contributed by atoms with van der Waals surface area (Å²) in [6, 6.07) is -0.347. The van der Waals surface area contributed by atoms with E-state index in [0.29, 0.717) is 13.2 Å². The monoisotopic (exact) mass is 272 g/mol. The van der Waals surface area contributed by atoms with Gasteiger partial charge in [0, 0.05) is 5.54 Å². The minimum Gasteiger partial charge on any atom is -0.465 e. The molecule has 19 heavy (non-hydrogen) atoms. The van der Waals surface area contributed by atoms with E-state index in [9.17, 15) is 9.59 Å². The molecule has 1 atom stereocenters. The average molecular weight is 272 g/mol. The molecule has 0 aliphatic rings. The summed E-state index contributed by atoms with van der Waals surface area (Å²) in [6.07, 6.45) is 0.857. The molecule has 0 fully saturated rings. The second-order valence-electron chi connectivity index (χ2n) is 5.27. The first kappa shape index (κ1) is 17.9. The summed E-state index contributed by atoms with van der Waals surface area (Å²) < 4.78 is 4.91. The molecule has 1 unspecified atom stereocenters. The lowest BCUT2D eigenvalue weighted by Gasteiger charge is -2.31. The number of esters is 1. The molecule has 5 heteroatoms. The molecule has 5 nitrogen and oxygen atoms in total. The summed E-state index contributed by atoms with van der Waals surface area (Å²) in [4.78, 5) is 25.4. The smallest absolute Gasteiger partial charge is 0.320 e. The summed E-state index contributed by atoms with van der Waals surface area (Å²) in [5.41, 5.74) is -0.227. The van der Waals surface area contributed by atoms with E-state index < -0.39 is 0 Å². The Morgan fingerprint density at radius 3 is 2.26 bits per heavy atom. The van der Waals surface area contributed by atoms with Gasteiger partial charge in [-0.3, -0.25) is 14.5 Å². The lowest BCUT2D eigenvalue weighted by molar-refractivity contribution is -0.145. The molecule has 0 saturated heterocycles. The van der Waals surface area contributed by atoms with Crippen LogP contribution in [0.15, 0.2) is 0 Å². The molecule has 0 spiro atoms. The summed E-state index contributed by atoms with van der Waals surface area (Å²) in [6.45, 7) is 12.6. The van der Waals surface area contributed by atoms with E-state index in [0.717, 1.165) is 6.42 Å². The Morgan fingerprint density at radius 1 is 1.26 bits per heavy atom. The van der Waals surface area contributed by atoms with E-state index in [1.807, 2.05) is 34.6 Å². The zero-order valence-corrected chi connectivity index (χ0v) is 13.1. The molecule has 0 aliphatic carbocycles. The Hall–Kier alpha value is -1.10. The van der Waals surface area contributed by atoms with Gasteiger partial charge in [0.15, 0.2) is 0 Å². The maximum Gasteiger partial charge on any atom is 0.320 e. The van der Waals surface area contributed by atoms with Gasteiger partial charge in [0.2, 0.25) is 5.91 Å². The Labute approximate surface area is 116 Å². The molecule has 112 valence electrons. The van der Waals surface area contributed by atoms with Crippen molar-refractivity contribution < 1.29 is 14.3 Å². The lowest BCUT2D eigenvalue weighted by atomic mass is 10.0. The number of amides is 1. The largest absolute Gasteiger partial charge is 0.465 e. The maximum absolute atomic E-state index is 12.2. The van der Waals surface area contributed by atoms with Crippen molar-refractivity contribution in [2.24, 2.45) is 0 Å². The number of nitrogens with one attached hydrogen (secondary N) is 1. The van der Waals surface area contributed by atoms with Crippen molar-refractivity contribution in [1.29, 1.82) is 0 Å². The summed E-state index contributed by atoms with van der Waals surface area (Å²) in [5.74, 6) is -0.350. The second kappa shape index (κ2) is 8.15. The molecule has 0 heterocycles. The van der Waals surface area contributed by atoms with Crippen LogP contribution in [0.2, 0.25) is 0 Å². The van der Waals surface area contributed by atoms with Crippen LogP contribution in [-0.4, -0.2) is 48.1 Å². The van der Waals surface area contributed by atoms with Gasteiger partial charge in [-0.2, -0.15) is 0 Å². The fraction of sp³-hybridized carbons (Fsp3) is 0.857. The minimum atomic E-state index is -0.347. The summed E-state index contributed by atoms with van der Waals surface area (Å²) in [7, 11) is 0. The molecule has 0 aromatic carbocycles. The van der Waals surface area contributed by atoms with Gasteiger partial charge in [-0.05, 0) is 40.7 Å². The van der Waals surface area contributed by atoms with Crippen LogP contribution < -0.4 is 5.32 Å². The van der Waals surface area contributed by atoms with E-state index in [1.165, 1.54) is 0 Å². The number of carbonyl (C=O) groups is 2. The Balaban J connectivity index is 4.53. The predicted molar refractivity (Wildman–Crippen MR) is 75.9 cm³/mol. The molecule has 0 aromatic rings. The van der Waals surface area contributed by atoms with Crippen molar-refractivity contribution in [3.8, 4) is 0 Å². The highest BCUT2D eigenvalue weighted by atomic mass is 16.5. The van der Waals surface area contributed by atoms with Gasteiger partial charge in [-0.1, -0.05) is 13.8 Å². The molecule has 0 rings (SSSR count). The topological polar surface area (TPSA) is 58.6 Å². The van der Waals surface area contributed by atoms with Crippen LogP contribution in [0.3, 0.4) is 0 Å². The first-order valence-corrected chi connectivity index (χ1v) is 6.99. The van der Waals surface area contributed by atoms with Gasteiger partial charge in [0.25, 0.3) is 0 Å². The molecule has 0 aromatic heterocycles. The number of ether oxygens (including phenoxy) is 1. The van der Waals surface area contributed by atoms with Gasteiger partial charge in [-0.15, -0.1) is 0 Å². The molecule has 0 saturated carbocycles. The van der Waals surface area contributed by atoms with Crippen LogP contribution >= 0.6 is 0 Å². The van der Waals surface area contributed by atoms with Gasteiger partial charge in [0.05, 0.1) is 19.2 Å². The van der Waals surface area contributed by atoms with Crippen molar-refractivity contribution in [3.05, 3.63) is 0 Å². The molecular formula is C14H28N2O3. The van der Waals surface area contributed by atoms with Crippen LogP contribution in [0.1, 0.15) is 48.0 Å². The molecule has 0 bridgehead atoms. The quantitative estimate of drug-likeness (QED) is 0.681. The van der Waals surface area contributed by atoms with Gasteiger partial charge >= 0.3 is 5.97 Å². The molecule has 1 N–H and O–H groups in total. The van der Waals surface area contributed by atoms with Crippen molar-refractivity contribution in [2.75, 3.05) is 19.7 Å². The highest BCUT2D eigenvalue weighted by Crippen LogP contribution is 2.09. The molecule has 0 aliphatic heterocycles. The number of carbonyl (C=O) groups excluding carboxylic acids is 2. The standard InChI is InChI=1S/C14H28N2O3/c1-7-14(5,6)15-13(18)11(4)16(8-2)10-12(17)19-9-3/h11H,7-10H2,1-6H3,(H,15,18). The van der Waals surface area contributed by atoms with Crippen LogP contribution in [0.25, 0.3) is 0 Å². The normalized spacial score (nSPS) is 13.2. The lowest BCUT2D eigenvalue weighted by Crippen LogP contribution is -2.52. The zero-order chi connectivity index (χ0) is 15.1. The fourth-order valence-electron chi connectivity index (χ4n) is 1.59. The summed E-state index contributed by atoms with van der Waals surface area (Å²) >= 11 is 0. The predicted octanol–water partition coefficient (Wildman–Crippen LogP) is 1.56. The number of nitrogens with zero attached hydrogens (tertiary/aromatic N) is 1. The maximum atomic E-state index is 12.2. The molecular weight excluding hydrogens is 244 g/mol. The van der Waals surface area contributed by atoms with Crippen LogP contribution in [0, 0.1) is 0 Å². The first-order valence-electron chi connectivity index (χ1n) is 6.99. The van der Waals surface area contributed by atoms with Gasteiger partial charge in [-0.25, -0.2) is 0 Å². The second-order valence-corrected chi connectivity index (χ2v) is 5.27. The van der Waals surface area contributed by atoms with Crippen LogP contribution in [0.4, 0.5) is 0 Å². The first-order chi connectivity index (χ1) is 8.77. The average Bonchev–Trinajstić information content (AvgIpc) is 2.35. The Morgan fingerprint density at radius 2 is 1.84 bits per heavy atom. The third-order valence-electron chi connectivity index (χ3n) is 3.32. The number of hydrogen-bond acceptors (Lipinski definition) is 4. The molecule has 1 amide bonds. The Kier molecular flexibility index (Phi) is 7.68. The van der Waals surface area contributed by atoms with E-state index in [-0.39, 0.29) is 30.0 Å². The summed E-state index contributed by atoms with van der Waals surface area (Å²) in [5, 5.41) is 2.99. The van der Waals surface area contributed by atoms with Crippen molar-refractivity contribution in [3.63, 3.8) is 0 Å². The highest BCUT2D eigenvalue weighted by Gasteiger charge is 2.26. The van der Waals surface area contributed by atoms with E-state index in [4.69, 9.17) is 4.74 Å². The van der Waals surface area contributed by atoms with Gasteiger partial charge < -0.3 is 10.1 Å². The van der Waals surface area contributed by atoms with Crippen molar-refractivity contribution >= 4 is 11.9 Å². The van der Waals surface area contributed by atoms with Crippen molar-refractivity contribution in [2.45, 2.75) is 59.5 Å². The van der Waals surface area contributed by atoms with Crippen LogP contribution in [0.5, 0.6) is 0 Å². The number of rotatable bonds is 8. The fourth-order valence-corrected chi connectivity index (χ4v) is 1.59. The molecule has 0 radical (unpaired) electrons. The zero-order valence-electron chi connectivity index (χ0n) is 13.1. The highest BCUT2D eigenvalue weighted by molar-refractivity contribution is 5.82. The Bertz CT molecular complexity index is 303. The third kappa shape index (κ3) is 6.57. The van der Waals surface area contributed by atoms with Crippen molar-refractivity contribution in [1.82, 2.24) is 10.2 Å². The SMILES string of the molecule is CCOC(=O)CN(CC)C(C)C(=O)NC(C)(C)CC. The van der Waals surface area contributed by atoms with E-state index >= 15 is 0 Å². The minimum absolute atomic E-state index is 0.0574. The number of hydrogen-bond donors (Lipinski definition) is 1. The third-order valence-corrected chi connectivity index (χ3v) is 3.32. The van der Waals surface area contributed by atoms with E-state index in [1.54, 1.807) is 11.8 Å². The van der Waals surface area contributed by atoms with E-state index in [2.05, 4.69) is 5.32 Å². The number of likely N-dealkylation sites (N-methyl/N-ethyl adjacent to an activating group) is 1. The van der Waals surface area contributed by atoms with Gasteiger partial charge in [0.1, 0.15) is 0 Å². The van der Waals surface area contributed by atoms with Crippen LogP contribution in [-0.2, 0) is 14.3 Å².